The van der Waals surface area contributed by atoms with Gasteiger partial charge in [0.15, 0.2) is 0 Å². The lowest BCUT2D eigenvalue weighted by molar-refractivity contribution is 0.0697. The second-order valence-corrected chi connectivity index (χ2v) is 5.47. The Hall–Kier alpha value is -2.29. The molecule has 1 N–H and O–H groups in total. The largest absolute Gasteiger partial charge is 0.478 e. The molecule has 1 heterocycles. The Morgan fingerprint density at radius 3 is 2.55 bits per heavy atom. The zero-order chi connectivity index (χ0) is 14.4. The third kappa shape index (κ3) is 1.70. The quantitative estimate of drug-likeness (QED) is 0.748. The van der Waals surface area contributed by atoms with Crippen LogP contribution in [0.25, 0.3) is 21.8 Å². The van der Waals surface area contributed by atoms with Crippen LogP contribution in [0.3, 0.4) is 0 Å². The number of carboxylic acids is 1. The predicted octanol–water partition coefficient (Wildman–Crippen LogP) is 4.38. The number of aromatic nitrogens is 1. The molecule has 0 radical (unpaired) electrons. The van der Waals surface area contributed by atoms with Crippen molar-refractivity contribution in [3.8, 4) is 0 Å². The van der Waals surface area contributed by atoms with E-state index in [4.69, 9.17) is 0 Å². The fraction of sp³-hybridized carbons (Fsp3) is 0.235. The minimum absolute atomic E-state index is 0.326. The van der Waals surface area contributed by atoms with E-state index in [2.05, 4.69) is 37.5 Å². The summed E-state index contributed by atoms with van der Waals surface area (Å²) in [5, 5.41) is 11.3. The molecule has 3 heteroatoms. The molecule has 0 fully saturated rings. The van der Waals surface area contributed by atoms with Crippen molar-refractivity contribution in [2.24, 2.45) is 0 Å². The molecule has 0 bridgehead atoms. The normalized spacial score (nSPS) is 11.6. The zero-order valence-electron chi connectivity index (χ0n) is 11.8. The molecule has 102 valence electrons. The molecular formula is C17H17NO2. The number of para-hydroxylation sites is 1. The summed E-state index contributed by atoms with van der Waals surface area (Å²) < 4.78 is 2.28. The van der Waals surface area contributed by atoms with Gasteiger partial charge in [-0.3, -0.25) is 0 Å². The number of hydrogen-bond donors (Lipinski definition) is 1. The van der Waals surface area contributed by atoms with Gasteiger partial charge in [-0.25, -0.2) is 4.79 Å². The lowest BCUT2D eigenvalue weighted by Crippen LogP contribution is -2.01. The van der Waals surface area contributed by atoms with Crippen LogP contribution in [-0.2, 0) is 0 Å². The predicted molar refractivity (Wildman–Crippen MR) is 81.5 cm³/mol. The Morgan fingerprint density at radius 1 is 1.15 bits per heavy atom. The van der Waals surface area contributed by atoms with E-state index < -0.39 is 5.97 Å². The van der Waals surface area contributed by atoms with E-state index in [1.165, 1.54) is 11.1 Å². The van der Waals surface area contributed by atoms with Crippen molar-refractivity contribution < 1.29 is 9.90 Å². The van der Waals surface area contributed by atoms with Crippen LogP contribution >= 0.6 is 0 Å². The van der Waals surface area contributed by atoms with Gasteiger partial charge in [-0.1, -0.05) is 18.2 Å². The molecule has 3 nitrogen and oxygen atoms in total. The first-order valence-electron chi connectivity index (χ1n) is 6.77. The number of nitrogens with zero attached hydrogens (tertiary/aromatic N) is 1. The zero-order valence-corrected chi connectivity index (χ0v) is 11.8. The van der Waals surface area contributed by atoms with Crippen molar-refractivity contribution in [1.82, 2.24) is 4.57 Å². The van der Waals surface area contributed by atoms with Gasteiger partial charge in [0, 0.05) is 22.3 Å². The average molecular weight is 267 g/mol. The van der Waals surface area contributed by atoms with Gasteiger partial charge in [0.2, 0.25) is 0 Å². The van der Waals surface area contributed by atoms with E-state index in [1.807, 2.05) is 12.1 Å². The lowest BCUT2D eigenvalue weighted by atomic mass is 10.1. The Morgan fingerprint density at radius 2 is 1.90 bits per heavy atom. The highest BCUT2D eigenvalue weighted by Crippen LogP contribution is 2.34. The first kappa shape index (κ1) is 12.7. The Labute approximate surface area is 117 Å². The van der Waals surface area contributed by atoms with Crippen molar-refractivity contribution >= 4 is 27.8 Å². The third-order valence-electron chi connectivity index (χ3n) is 3.79. The summed E-state index contributed by atoms with van der Waals surface area (Å²) in [7, 11) is 0. The fourth-order valence-corrected chi connectivity index (χ4v) is 2.95. The lowest BCUT2D eigenvalue weighted by Gasteiger charge is -2.12. The molecule has 0 aliphatic heterocycles. The third-order valence-corrected chi connectivity index (χ3v) is 3.79. The molecule has 2 aromatic carbocycles. The molecule has 0 saturated carbocycles. The smallest absolute Gasteiger partial charge is 0.335 e. The monoisotopic (exact) mass is 267 g/mol. The van der Waals surface area contributed by atoms with Gasteiger partial charge in [-0.05, 0) is 44.5 Å². The Balaban J connectivity index is 2.53. The maximum atomic E-state index is 11.2. The maximum absolute atomic E-state index is 11.2. The number of carboxylic acid groups (broad SMARTS) is 1. The molecular weight excluding hydrogens is 250 g/mol. The number of fused-ring (bicyclic) bond motifs is 3. The molecule has 1 aromatic heterocycles. The summed E-state index contributed by atoms with van der Waals surface area (Å²) in [6.07, 6.45) is 0. The van der Waals surface area contributed by atoms with E-state index in [0.29, 0.717) is 11.6 Å². The number of benzene rings is 2. The van der Waals surface area contributed by atoms with Gasteiger partial charge >= 0.3 is 5.97 Å². The molecule has 0 spiro atoms. The van der Waals surface area contributed by atoms with Crippen LogP contribution in [-0.4, -0.2) is 15.6 Å². The first-order chi connectivity index (χ1) is 9.50. The van der Waals surface area contributed by atoms with Crippen LogP contribution in [0.5, 0.6) is 0 Å². The number of aryl methyl sites for hydroxylation is 1. The minimum Gasteiger partial charge on any atom is -0.478 e. The van der Waals surface area contributed by atoms with Crippen molar-refractivity contribution in [3.05, 3.63) is 47.5 Å². The highest BCUT2D eigenvalue weighted by molar-refractivity contribution is 6.11. The molecule has 3 aromatic rings. The fourth-order valence-electron chi connectivity index (χ4n) is 2.95. The topological polar surface area (TPSA) is 42.2 Å². The van der Waals surface area contributed by atoms with Crippen LogP contribution in [0.4, 0.5) is 0 Å². The second-order valence-electron chi connectivity index (χ2n) is 5.47. The van der Waals surface area contributed by atoms with Gasteiger partial charge in [0.1, 0.15) is 0 Å². The minimum atomic E-state index is -0.884. The molecule has 3 rings (SSSR count). The van der Waals surface area contributed by atoms with E-state index >= 15 is 0 Å². The van der Waals surface area contributed by atoms with Crippen molar-refractivity contribution in [2.75, 3.05) is 0 Å². The van der Waals surface area contributed by atoms with Crippen LogP contribution in [0.2, 0.25) is 0 Å². The Bertz CT molecular complexity index is 828. The summed E-state index contributed by atoms with van der Waals surface area (Å²) in [5.41, 5.74) is 3.83. The van der Waals surface area contributed by atoms with Crippen LogP contribution in [0.15, 0.2) is 36.4 Å². The van der Waals surface area contributed by atoms with Gasteiger partial charge < -0.3 is 9.67 Å². The first-order valence-corrected chi connectivity index (χ1v) is 6.77. The average Bonchev–Trinajstić information content (AvgIpc) is 2.74. The van der Waals surface area contributed by atoms with Crippen LogP contribution < -0.4 is 0 Å². The van der Waals surface area contributed by atoms with E-state index in [1.54, 1.807) is 12.1 Å². The number of hydrogen-bond acceptors (Lipinski definition) is 1. The molecule has 0 aliphatic rings. The number of rotatable bonds is 2. The molecule has 0 amide bonds. The summed E-state index contributed by atoms with van der Waals surface area (Å²) in [6, 6.07) is 11.9. The molecule has 0 atom stereocenters. The van der Waals surface area contributed by atoms with Crippen LogP contribution in [0, 0.1) is 6.92 Å². The Kier molecular flexibility index (Phi) is 2.78. The number of aromatic carboxylic acids is 1. The summed E-state index contributed by atoms with van der Waals surface area (Å²) in [6.45, 7) is 6.39. The van der Waals surface area contributed by atoms with Gasteiger partial charge in [-0.15, -0.1) is 0 Å². The van der Waals surface area contributed by atoms with Gasteiger partial charge in [0.05, 0.1) is 11.1 Å². The van der Waals surface area contributed by atoms with E-state index in [0.717, 1.165) is 16.3 Å². The second kappa shape index (κ2) is 4.37. The van der Waals surface area contributed by atoms with E-state index in [-0.39, 0.29) is 0 Å². The SMILES string of the molecule is Cc1cccc2c3cc(C(=O)O)ccc3n(C(C)C)c12. The molecule has 20 heavy (non-hydrogen) atoms. The molecule has 0 saturated heterocycles. The van der Waals surface area contributed by atoms with E-state index in [9.17, 15) is 9.90 Å². The van der Waals surface area contributed by atoms with Gasteiger partial charge in [-0.2, -0.15) is 0 Å². The summed E-state index contributed by atoms with van der Waals surface area (Å²) in [4.78, 5) is 11.2. The molecule has 0 aliphatic carbocycles. The standard InChI is InChI=1S/C17H17NO2/c1-10(2)18-15-8-7-12(17(19)20)9-14(15)13-6-4-5-11(3)16(13)18/h4-10H,1-3H3,(H,19,20). The molecule has 0 unspecified atom stereocenters. The van der Waals surface area contributed by atoms with Crippen molar-refractivity contribution in [2.45, 2.75) is 26.8 Å². The summed E-state index contributed by atoms with van der Waals surface area (Å²) in [5.74, 6) is -0.884. The van der Waals surface area contributed by atoms with Crippen molar-refractivity contribution in [3.63, 3.8) is 0 Å². The van der Waals surface area contributed by atoms with Gasteiger partial charge in [0.25, 0.3) is 0 Å². The number of carbonyl (C=O) groups is 1. The van der Waals surface area contributed by atoms with Crippen LogP contribution in [0.1, 0.15) is 35.8 Å². The summed E-state index contributed by atoms with van der Waals surface area (Å²) >= 11 is 0. The highest BCUT2D eigenvalue weighted by Gasteiger charge is 2.15. The maximum Gasteiger partial charge on any atom is 0.335 e. The van der Waals surface area contributed by atoms with Crippen molar-refractivity contribution in [1.29, 1.82) is 0 Å². The highest BCUT2D eigenvalue weighted by atomic mass is 16.4.